The first kappa shape index (κ1) is 15.6. The van der Waals surface area contributed by atoms with Gasteiger partial charge in [-0.3, -0.25) is 4.79 Å². The van der Waals surface area contributed by atoms with E-state index in [0.717, 1.165) is 22.9 Å². The van der Waals surface area contributed by atoms with E-state index in [2.05, 4.69) is 5.32 Å². The Kier molecular flexibility index (Phi) is 4.67. The minimum Gasteiger partial charge on any atom is -0.462 e. The van der Waals surface area contributed by atoms with E-state index in [-0.39, 0.29) is 17.1 Å². The highest BCUT2D eigenvalue weighted by atomic mass is 32.2. The summed E-state index contributed by atoms with van der Waals surface area (Å²) >= 11 is 1.34. The molecule has 0 bridgehead atoms. The Labute approximate surface area is 138 Å². The minimum absolute atomic E-state index is 0.136. The van der Waals surface area contributed by atoms with Crippen molar-refractivity contribution in [1.29, 1.82) is 0 Å². The molecule has 1 N–H and O–H groups in total. The van der Waals surface area contributed by atoms with Gasteiger partial charge in [-0.2, -0.15) is 0 Å². The van der Waals surface area contributed by atoms with Crippen LogP contribution in [0.5, 0.6) is 0 Å². The van der Waals surface area contributed by atoms with Crippen molar-refractivity contribution in [1.82, 2.24) is 0 Å². The fraction of sp³-hybridized carbons (Fsp3) is 0.222. The smallest absolute Gasteiger partial charge is 0.344 e. The van der Waals surface area contributed by atoms with Gasteiger partial charge in [-0.05, 0) is 29.3 Å². The van der Waals surface area contributed by atoms with Gasteiger partial charge in [-0.15, -0.1) is 0 Å². The molecular formula is C18H17NO3S. The maximum absolute atomic E-state index is 12.1. The Morgan fingerprint density at radius 3 is 2.78 bits per heavy atom. The number of thioether (sulfide) groups is 1. The van der Waals surface area contributed by atoms with E-state index in [1.165, 1.54) is 11.8 Å². The van der Waals surface area contributed by atoms with Gasteiger partial charge >= 0.3 is 5.97 Å². The van der Waals surface area contributed by atoms with E-state index in [0.29, 0.717) is 11.6 Å². The summed E-state index contributed by atoms with van der Waals surface area (Å²) in [5.74, 6) is -0.448. The number of Topliss-reactive ketones (excluding diaryl/α,β-unsaturated/α-hetero) is 1. The summed E-state index contributed by atoms with van der Waals surface area (Å²) < 4.78 is 5.11. The van der Waals surface area contributed by atoms with Crippen LogP contribution in [0.15, 0.2) is 53.1 Å². The van der Waals surface area contributed by atoms with Crippen molar-refractivity contribution in [2.45, 2.75) is 13.3 Å². The van der Waals surface area contributed by atoms with Crippen molar-refractivity contribution in [3.05, 3.63) is 53.1 Å². The quantitative estimate of drug-likeness (QED) is 0.670. The van der Waals surface area contributed by atoms with E-state index >= 15 is 0 Å². The van der Waals surface area contributed by atoms with E-state index in [1.54, 1.807) is 0 Å². The lowest BCUT2D eigenvalue weighted by molar-refractivity contribution is -0.140. The number of anilines is 1. The van der Waals surface area contributed by atoms with E-state index in [1.807, 2.05) is 49.4 Å². The summed E-state index contributed by atoms with van der Waals surface area (Å²) in [6, 6.07) is 14.0. The molecule has 118 valence electrons. The van der Waals surface area contributed by atoms with Crippen LogP contribution in [0.25, 0.3) is 10.8 Å². The number of fused-ring (bicyclic) bond motifs is 1. The third-order valence-electron chi connectivity index (χ3n) is 3.50. The van der Waals surface area contributed by atoms with Gasteiger partial charge in [-0.1, -0.05) is 49.0 Å². The van der Waals surface area contributed by atoms with Gasteiger partial charge in [0.2, 0.25) is 0 Å². The minimum atomic E-state index is -0.537. The van der Waals surface area contributed by atoms with Gasteiger partial charge in [0, 0.05) is 5.69 Å². The second-order valence-electron chi connectivity index (χ2n) is 5.24. The van der Waals surface area contributed by atoms with Crippen molar-refractivity contribution >= 4 is 40.0 Å². The normalized spacial score (nSPS) is 14.4. The van der Waals surface area contributed by atoms with Crippen LogP contribution in [0.4, 0.5) is 5.69 Å². The molecule has 0 saturated carbocycles. The van der Waals surface area contributed by atoms with Crippen molar-refractivity contribution in [3.63, 3.8) is 0 Å². The third kappa shape index (κ3) is 3.40. The zero-order chi connectivity index (χ0) is 16.2. The SMILES string of the molecule is CCCOC(=O)C1=C(Nc2ccc3ccccc3c2)SCC1=O. The number of esters is 1. The molecule has 3 rings (SSSR count). The topological polar surface area (TPSA) is 55.4 Å². The molecule has 5 heteroatoms. The highest BCUT2D eigenvalue weighted by Gasteiger charge is 2.31. The van der Waals surface area contributed by atoms with Gasteiger partial charge in [0.1, 0.15) is 5.57 Å². The zero-order valence-electron chi connectivity index (χ0n) is 12.8. The highest BCUT2D eigenvalue weighted by molar-refractivity contribution is 8.04. The molecule has 0 unspecified atom stereocenters. The highest BCUT2D eigenvalue weighted by Crippen LogP contribution is 2.31. The van der Waals surface area contributed by atoms with Crippen molar-refractivity contribution < 1.29 is 14.3 Å². The number of ether oxygens (including phenoxy) is 1. The lowest BCUT2D eigenvalue weighted by atomic mass is 10.1. The molecule has 1 heterocycles. The molecule has 0 atom stereocenters. The van der Waals surface area contributed by atoms with Gasteiger partial charge in [0.05, 0.1) is 17.4 Å². The first-order valence-electron chi connectivity index (χ1n) is 7.52. The number of rotatable bonds is 5. The maximum Gasteiger partial charge on any atom is 0.344 e. The van der Waals surface area contributed by atoms with Crippen LogP contribution < -0.4 is 5.32 Å². The molecule has 1 aliphatic rings. The molecular weight excluding hydrogens is 310 g/mol. The number of hydrogen-bond donors (Lipinski definition) is 1. The summed E-state index contributed by atoms with van der Waals surface area (Å²) in [6.07, 6.45) is 0.730. The molecule has 2 aromatic carbocycles. The van der Waals surface area contributed by atoms with Crippen LogP contribution in [-0.2, 0) is 14.3 Å². The standard InChI is InChI=1S/C18H17NO3S/c1-2-9-22-18(21)16-15(20)11-23-17(16)19-14-8-7-12-5-3-4-6-13(12)10-14/h3-8,10,19H,2,9,11H2,1H3. The van der Waals surface area contributed by atoms with Crippen LogP contribution in [-0.4, -0.2) is 24.1 Å². The predicted octanol–water partition coefficient (Wildman–Crippen LogP) is 3.73. The molecule has 0 aliphatic carbocycles. The van der Waals surface area contributed by atoms with Gasteiger partial charge < -0.3 is 10.1 Å². The lowest BCUT2D eigenvalue weighted by Crippen LogP contribution is -2.16. The van der Waals surface area contributed by atoms with Crippen LogP contribution in [0.1, 0.15) is 13.3 Å². The maximum atomic E-state index is 12.1. The zero-order valence-corrected chi connectivity index (χ0v) is 13.6. The molecule has 0 radical (unpaired) electrons. The fourth-order valence-electron chi connectivity index (χ4n) is 2.38. The number of ketones is 1. The first-order valence-corrected chi connectivity index (χ1v) is 8.51. The number of benzene rings is 2. The van der Waals surface area contributed by atoms with Crippen LogP contribution >= 0.6 is 11.8 Å². The van der Waals surface area contributed by atoms with Crippen LogP contribution in [0.2, 0.25) is 0 Å². The molecule has 0 saturated heterocycles. The molecule has 0 amide bonds. The second kappa shape index (κ2) is 6.87. The van der Waals surface area contributed by atoms with E-state index in [9.17, 15) is 9.59 Å². The summed E-state index contributed by atoms with van der Waals surface area (Å²) in [5, 5.41) is 6.01. The number of carbonyl (C=O) groups is 2. The number of carbonyl (C=O) groups excluding carboxylic acids is 2. The second-order valence-corrected chi connectivity index (χ2v) is 6.22. The van der Waals surface area contributed by atoms with Crippen LogP contribution in [0, 0.1) is 0 Å². The molecule has 0 aromatic heterocycles. The van der Waals surface area contributed by atoms with Crippen molar-refractivity contribution in [3.8, 4) is 0 Å². The Balaban J connectivity index is 1.87. The van der Waals surface area contributed by atoms with Gasteiger partial charge in [0.25, 0.3) is 0 Å². The molecule has 4 nitrogen and oxygen atoms in total. The summed E-state index contributed by atoms with van der Waals surface area (Å²) in [4.78, 5) is 24.0. The molecule has 2 aromatic rings. The molecule has 1 aliphatic heterocycles. The fourth-order valence-corrected chi connectivity index (χ4v) is 3.33. The largest absolute Gasteiger partial charge is 0.462 e. The summed E-state index contributed by atoms with van der Waals surface area (Å²) in [5.41, 5.74) is 0.985. The van der Waals surface area contributed by atoms with E-state index in [4.69, 9.17) is 4.74 Å². The van der Waals surface area contributed by atoms with Crippen molar-refractivity contribution in [2.24, 2.45) is 0 Å². The predicted molar refractivity (Wildman–Crippen MR) is 93.3 cm³/mol. The van der Waals surface area contributed by atoms with E-state index < -0.39 is 5.97 Å². The third-order valence-corrected chi connectivity index (χ3v) is 4.50. The summed E-state index contributed by atoms with van der Waals surface area (Å²) in [7, 11) is 0. The number of nitrogens with one attached hydrogen (secondary N) is 1. The van der Waals surface area contributed by atoms with Crippen molar-refractivity contribution in [2.75, 3.05) is 17.7 Å². The average molecular weight is 327 g/mol. The molecule has 0 spiro atoms. The Bertz CT molecular complexity index is 798. The molecule has 0 fully saturated rings. The number of hydrogen-bond acceptors (Lipinski definition) is 5. The first-order chi connectivity index (χ1) is 11.2. The van der Waals surface area contributed by atoms with Crippen LogP contribution in [0.3, 0.4) is 0 Å². The average Bonchev–Trinajstić information content (AvgIpc) is 2.93. The Morgan fingerprint density at radius 2 is 2.00 bits per heavy atom. The van der Waals surface area contributed by atoms with Gasteiger partial charge in [-0.25, -0.2) is 4.79 Å². The summed E-state index contributed by atoms with van der Waals surface area (Å²) in [6.45, 7) is 2.24. The Morgan fingerprint density at radius 1 is 1.22 bits per heavy atom. The lowest BCUT2D eigenvalue weighted by Gasteiger charge is -2.10. The Hall–Kier alpha value is -2.27. The monoisotopic (exact) mass is 327 g/mol. The van der Waals surface area contributed by atoms with Gasteiger partial charge in [0.15, 0.2) is 5.78 Å². The molecule has 23 heavy (non-hydrogen) atoms.